The van der Waals surface area contributed by atoms with Gasteiger partial charge in [-0.25, -0.2) is 9.97 Å². The molecule has 0 saturated carbocycles. The summed E-state index contributed by atoms with van der Waals surface area (Å²) in [5.74, 6) is 0.905. The van der Waals surface area contributed by atoms with Crippen LogP contribution in [0.5, 0.6) is 0 Å². The van der Waals surface area contributed by atoms with Crippen LogP contribution in [0.15, 0.2) is 25.0 Å². The van der Waals surface area contributed by atoms with Crippen molar-refractivity contribution in [3.8, 4) is 0 Å². The number of hydrogen-bond acceptors (Lipinski definition) is 6. The second-order valence-corrected chi connectivity index (χ2v) is 4.11. The Labute approximate surface area is 109 Å². The van der Waals surface area contributed by atoms with Crippen molar-refractivity contribution in [2.75, 3.05) is 17.6 Å². The second kappa shape index (κ2) is 4.92. The maximum Gasteiger partial charge on any atom is 0.224 e. The zero-order valence-electron chi connectivity index (χ0n) is 10.2. The first-order chi connectivity index (χ1) is 9.33. The van der Waals surface area contributed by atoms with Crippen LogP contribution in [-0.2, 0) is 6.54 Å². The van der Waals surface area contributed by atoms with Gasteiger partial charge in [0.1, 0.15) is 5.52 Å². The number of nitrogen functional groups attached to an aromatic ring is 1. The molecular weight excluding hydrogens is 244 g/mol. The molecule has 0 bridgehead atoms. The molecule has 0 fully saturated rings. The van der Waals surface area contributed by atoms with E-state index in [4.69, 9.17) is 5.73 Å². The molecular formula is C11H14N8. The zero-order chi connectivity index (χ0) is 13.1. The summed E-state index contributed by atoms with van der Waals surface area (Å²) in [6.45, 7) is 1.68. The van der Waals surface area contributed by atoms with Crippen LogP contribution in [0, 0.1) is 0 Å². The van der Waals surface area contributed by atoms with Gasteiger partial charge in [-0.05, 0) is 6.42 Å². The van der Waals surface area contributed by atoms with Crippen LogP contribution in [0.2, 0.25) is 0 Å². The van der Waals surface area contributed by atoms with Crippen molar-refractivity contribution < 1.29 is 0 Å². The number of aromatic amines is 1. The molecule has 3 rings (SSSR count). The van der Waals surface area contributed by atoms with E-state index >= 15 is 0 Å². The number of nitrogens with one attached hydrogen (secondary N) is 2. The van der Waals surface area contributed by atoms with Gasteiger partial charge in [0.2, 0.25) is 5.95 Å². The number of nitrogens with two attached hydrogens (primary N) is 1. The first kappa shape index (κ1) is 11.5. The predicted octanol–water partition coefficient (Wildman–Crippen LogP) is 0.634. The Morgan fingerprint density at radius 2 is 2.32 bits per heavy atom. The van der Waals surface area contributed by atoms with E-state index in [0.717, 1.165) is 25.0 Å². The molecule has 19 heavy (non-hydrogen) atoms. The van der Waals surface area contributed by atoms with Crippen LogP contribution in [0.25, 0.3) is 11.2 Å². The lowest BCUT2D eigenvalue weighted by Crippen LogP contribution is -2.09. The fourth-order valence-electron chi connectivity index (χ4n) is 1.87. The summed E-state index contributed by atoms with van der Waals surface area (Å²) in [7, 11) is 0. The molecule has 3 aromatic heterocycles. The summed E-state index contributed by atoms with van der Waals surface area (Å²) in [6.07, 6.45) is 8.05. The van der Waals surface area contributed by atoms with Gasteiger partial charge < -0.3 is 20.6 Å². The number of aryl methyl sites for hydroxylation is 1. The molecule has 3 heterocycles. The first-order valence-electron chi connectivity index (χ1n) is 5.99. The minimum absolute atomic E-state index is 0.219. The number of H-pyrrole nitrogens is 1. The van der Waals surface area contributed by atoms with Crippen molar-refractivity contribution in [3.63, 3.8) is 0 Å². The SMILES string of the molecule is Nc1nc(NCCCn2ccnc2)c2[nH]cnc2n1. The molecule has 8 heteroatoms. The highest BCUT2D eigenvalue weighted by molar-refractivity contribution is 5.83. The van der Waals surface area contributed by atoms with Gasteiger partial charge in [0, 0.05) is 25.5 Å². The summed E-state index contributed by atoms with van der Waals surface area (Å²) < 4.78 is 2.03. The lowest BCUT2D eigenvalue weighted by molar-refractivity contribution is 0.660. The van der Waals surface area contributed by atoms with Gasteiger partial charge in [0.05, 0.1) is 12.7 Å². The predicted molar refractivity (Wildman–Crippen MR) is 71.4 cm³/mol. The summed E-state index contributed by atoms with van der Waals surface area (Å²) in [5, 5.41) is 3.24. The van der Waals surface area contributed by atoms with Crippen LogP contribution in [0.1, 0.15) is 6.42 Å². The van der Waals surface area contributed by atoms with Crippen LogP contribution in [-0.4, -0.2) is 36.0 Å². The van der Waals surface area contributed by atoms with Crippen molar-refractivity contribution in [1.82, 2.24) is 29.5 Å². The molecule has 98 valence electrons. The topological polar surface area (TPSA) is 110 Å². The largest absolute Gasteiger partial charge is 0.368 e. The number of fused-ring (bicyclic) bond motifs is 1. The number of anilines is 2. The molecule has 0 unspecified atom stereocenters. The molecule has 0 spiro atoms. The molecule has 0 amide bonds. The van der Waals surface area contributed by atoms with E-state index in [9.17, 15) is 0 Å². The average molecular weight is 258 g/mol. The third-order valence-corrected chi connectivity index (χ3v) is 2.75. The van der Waals surface area contributed by atoms with E-state index in [1.54, 1.807) is 18.9 Å². The summed E-state index contributed by atoms with van der Waals surface area (Å²) >= 11 is 0. The molecule has 0 aliphatic carbocycles. The number of nitrogens with zero attached hydrogens (tertiary/aromatic N) is 5. The van der Waals surface area contributed by atoms with E-state index in [1.165, 1.54) is 0 Å². The third-order valence-electron chi connectivity index (χ3n) is 2.75. The Bertz CT molecular complexity index is 656. The van der Waals surface area contributed by atoms with Gasteiger partial charge in [-0.15, -0.1) is 0 Å². The highest BCUT2D eigenvalue weighted by atomic mass is 15.1. The van der Waals surface area contributed by atoms with Crippen molar-refractivity contribution >= 4 is 22.9 Å². The number of hydrogen-bond donors (Lipinski definition) is 3. The second-order valence-electron chi connectivity index (χ2n) is 4.11. The molecule has 4 N–H and O–H groups in total. The zero-order valence-corrected chi connectivity index (χ0v) is 10.2. The summed E-state index contributed by atoms with van der Waals surface area (Å²) in [5.41, 5.74) is 6.99. The minimum Gasteiger partial charge on any atom is -0.368 e. The molecule has 3 aromatic rings. The smallest absolute Gasteiger partial charge is 0.224 e. The summed E-state index contributed by atoms with van der Waals surface area (Å²) in [6, 6.07) is 0. The Hall–Kier alpha value is -2.64. The summed E-state index contributed by atoms with van der Waals surface area (Å²) in [4.78, 5) is 19.3. The third kappa shape index (κ3) is 2.46. The molecule has 0 saturated heterocycles. The van der Waals surface area contributed by atoms with E-state index in [2.05, 4.69) is 30.2 Å². The number of aromatic nitrogens is 6. The first-order valence-corrected chi connectivity index (χ1v) is 5.99. The van der Waals surface area contributed by atoms with Gasteiger partial charge in [0.15, 0.2) is 11.5 Å². The maximum atomic E-state index is 5.64. The molecule has 0 radical (unpaired) electrons. The van der Waals surface area contributed by atoms with Crippen molar-refractivity contribution in [2.45, 2.75) is 13.0 Å². The number of rotatable bonds is 5. The Morgan fingerprint density at radius 3 is 3.16 bits per heavy atom. The Morgan fingerprint density at radius 1 is 1.37 bits per heavy atom. The van der Waals surface area contributed by atoms with E-state index in [0.29, 0.717) is 11.5 Å². The van der Waals surface area contributed by atoms with Gasteiger partial charge in [-0.2, -0.15) is 9.97 Å². The van der Waals surface area contributed by atoms with E-state index < -0.39 is 0 Å². The Kier molecular flexibility index (Phi) is 2.97. The molecule has 0 atom stereocenters. The lowest BCUT2D eigenvalue weighted by atomic mass is 10.4. The highest BCUT2D eigenvalue weighted by Crippen LogP contribution is 2.16. The standard InChI is InChI=1S/C11H14N8/c12-11-17-9(8-10(18-11)16-6-15-8)14-2-1-4-19-5-3-13-7-19/h3,5-7H,1-2,4H2,(H4,12,14,15,16,17,18). The fraction of sp³-hybridized carbons (Fsp3) is 0.273. The Balaban J connectivity index is 1.63. The monoisotopic (exact) mass is 258 g/mol. The van der Waals surface area contributed by atoms with E-state index in [-0.39, 0.29) is 5.95 Å². The van der Waals surface area contributed by atoms with Gasteiger partial charge in [0.25, 0.3) is 0 Å². The van der Waals surface area contributed by atoms with Gasteiger partial charge in [-0.1, -0.05) is 0 Å². The van der Waals surface area contributed by atoms with Crippen molar-refractivity contribution in [2.24, 2.45) is 0 Å². The van der Waals surface area contributed by atoms with Gasteiger partial charge >= 0.3 is 0 Å². The normalized spacial score (nSPS) is 10.9. The van der Waals surface area contributed by atoms with Crippen LogP contribution in [0.3, 0.4) is 0 Å². The highest BCUT2D eigenvalue weighted by Gasteiger charge is 2.07. The number of imidazole rings is 2. The van der Waals surface area contributed by atoms with Crippen molar-refractivity contribution in [3.05, 3.63) is 25.0 Å². The molecule has 0 aliphatic heterocycles. The lowest BCUT2D eigenvalue weighted by Gasteiger charge is -2.07. The molecule has 0 aromatic carbocycles. The molecule has 8 nitrogen and oxygen atoms in total. The van der Waals surface area contributed by atoms with Crippen LogP contribution >= 0.6 is 0 Å². The van der Waals surface area contributed by atoms with Crippen LogP contribution < -0.4 is 11.1 Å². The average Bonchev–Trinajstić information content (AvgIpc) is 3.04. The van der Waals surface area contributed by atoms with Gasteiger partial charge in [-0.3, -0.25) is 0 Å². The fourth-order valence-corrected chi connectivity index (χ4v) is 1.87. The van der Waals surface area contributed by atoms with Crippen molar-refractivity contribution in [1.29, 1.82) is 0 Å². The molecule has 0 aliphatic rings. The maximum absolute atomic E-state index is 5.64. The quantitative estimate of drug-likeness (QED) is 0.579. The minimum atomic E-state index is 0.219. The van der Waals surface area contributed by atoms with E-state index in [1.807, 2.05) is 10.8 Å². The van der Waals surface area contributed by atoms with Crippen LogP contribution in [0.4, 0.5) is 11.8 Å².